The lowest BCUT2D eigenvalue weighted by Gasteiger charge is -2.08. The number of carbonyl (C=O) groups excluding carboxylic acids is 3. The first-order valence-electron chi connectivity index (χ1n) is 7.75. The minimum absolute atomic E-state index is 0.248. The molecule has 2 rings (SSSR count). The minimum atomic E-state index is -0.628. The molecule has 0 atom stereocenters. The standard InChI is InChI=1S/C18H18ClN3O4/c19-15-4-2-1-3-14(15)10-21-16(23)11-26-17(24)13-7-5-12(6-8-13)9-22-18(20)25/h1-8H,9-11H2,(H,21,23)(H3,20,22,25). The maximum absolute atomic E-state index is 11.9. The molecular weight excluding hydrogens is 358 g/mol. The molecule has 0 radical (unpaired) electrons. The Hall–Kier alpha value is -3.06. The number of ether oxygens (including phenoxy) is 1. The topological polar surface area (TPSA) is 111 Å². The molecule has 0 spiro atoms. The second-order valence-electron chi connectivity index (χ2n) is 5.36. The van der Waals surface area contributed by atoms with E-state index in [-0.39, 0.29) is 13.1 Å². The summed E-state index contributed by atoms with van der Waals surface area (Å²) in [5.41, 5.74) is 6.83. The summed E-state index contributed by atoms with van der Waals surface area (Å²) in [6.07, 6.45) is 0. The van der Waals surface area contributed by atoms with Gasteiger partial charge in [0.05, 0.1) is 5.56 Å². The van der Waals surface area contributed by atoms with Gasteiger partial charge in [-0.1, -0.05) is 41.9 Å². The van der Waals surface area contributed by atoms with E-state index in [0.29, 0.717) is 10.6 Å². The molecule has 26 heavy (non-hydrogen) atoms. The summed E-state index contributed by atoms with van der Waals surface area (Å²) in [5.74, 6) is -1.05. The third-order valence-corrected chi connectivity index (χ3v) is 3.79. The van der Waals surface area contributed by atoms with E-state index in [1.165, 1.54) is 0 Å². The number of primary amides is 1. The highest BCUT2D eigenvalue weighted by atomic mass is 35.5. The van der Waals surface area contributed by atoms with Gasteiger partial charge in [-0.25, -0.2) is 9.59 Å². The van der Waals surface area contributed by atoms with Crippen molar-refractivity contribution in [2.24, 2.45) is 5.73 Å². The van der Waals surface area contributed by atoms with Crippen molar-refractivity contribution < 1.29 is 19.1 Å². The van der Waals surface area contributed by atoms with Gasteiger partial charge in [-0.15, -0.1) is 0 Å². The number of hydrogen-bond acceptors (Lipinski definition) is 4. The largest absolute Gasteiger partial charge is 0.452 e. The van der Waals surface area contributed by atoms with Crippen LogP contribution in [0.4, 0.5) is 4.79 Å². The van der Waals surface area contributed by atoms with E-state index in [1.54, 1.807) is 42.5 Å². The lowest BCUT2D eigenvalue weighted by Crippen LogP contribution is -2.28. The van der Waals surface area contributed by atoms with Gasteiger partial charge < -0.3 is 21.1 Å². The predicted molar refractivity (Wildman–Crippen MR) is 96.4 cm³/mol. The average Bonchev–Trinajstić information content (AvgIpc) is 2.64. The zero-order chi connectivity index (χ0) is 18.9. The van der Waals surface area contributed by atoms with E-state index in [0.717, 1.165) is 11.1 Å². The number of amides is 3. The van der Waals surface area contributed by atoms with E-state index >= 15 is 0 Å². The van der Waals surface area contributed by atoms with Crippen molar-refractivity contribution in [2.45, 2.75) is 13.1 Å². The summed E-state index contributed by atoms with van der Waals surface area (Å²) in [7, 11) is 0. The molecule has 0 bridgehead atoms. The summed E-state index contributed by atoms with van der Waals surface area (Å²) in [6, 6.07) is 12.9. The van der Waals surface area contributed by atoms with Crippen LogP contribution in [0.15, 0.2) is 48.5 Å². The number of nitrogens with one attached hydrogen (secondary N) is 2. The lowest BCUT2D eigenvalue weighted by molar-refractivity contribution is -0.124. The van der Waals surface area contributed by atoms with Gasteiger partial charge in [0.15, 0.2) is 6.61 Å². The van der Waals surface area contributed by atoms with Crippen LogP contribution in [0.25, 0.3) is 0 Å². The van der Waals surface area contributed by atoms with Crippen LogP contribution in [-0.4, -0.2) is 24.5 Å². The monoisotopic (exact) mass is 375 g/mol. The van der Waals surface area contributed by atoms with E-state index in [9.17, 15) is 14.4 Å². The van der Waals surface area contributed by atoms with Crippen molar-refractivity contribution in [3.8, 4) is 0 Å². The molecule has 0 saturated carbocycles. The van der Waals surface area contributed by atoms with Gasteiger partial charge in [-0.05, 0) is 29.3 Å². The number of rotatable bonds is 7. The number of nitrogens with two attached hydrogens (primary N) is 1. The molecule has 136 valence electrons. The Labute approximate surface area is 155 Å². The maximum Gasteiger partial charge on any atom is 0.338 e. The highest BCUT2D eigenvalue weighted by Gasteiger charge is 2.10. The molecule has 0 unspecified atom stereocenters. The van der Waals surface area contributed by atoms with Gasteiger partial charge in [0.1, 0.15) is 0 Å². The molecule has 0 saturated heterocycles. The highest BCUT2D eigenvalue weighted by Crippen LogP contribution is 2.14. The number of hydrogen-bond donors (Lipinski definition) is 3. The van der Waals surface area contributed by atoms with Crippen LogP contribution in [0, 0.1) is 0 Å². The van der Waals surface area contributed by atoms with Crippen LogP contribution in [0.3, 0.4) is 0 Å². The smallest absolute Gasteiger partial charge is 0.338 e. The summed E-state index contributed by atoms with van der Waals surface area (Å²) < 4.78 is 4.97. The maximum atomic E-state index is 11.9. The quantitative estimate of drug-likeness (QED) is 0.642. The molecule has 2 aromatic rings. The van der Waals surface area contributed by atoms with Crippen molar-refractivity contribution in [1.29, 1.82) is 0 Å². The Morgan fingerprint density at radius 2 is 1.65 bits per heavy atom. The van der Waals surface area contributed by atoms with Crippen molar-refractivity contribution in [3.05, 3.63) is 70.2 Å². The van der Waals surface area contributed by atoms with Gasteiger partial charge >= 0.3 is 12.0 Å². The molecule has 0 aromatic heterocycles. The second-order valence-corrected chi connectivity index (χ2v) is 5.77. The van der Waals surface area contributed by atoms with Crippen LogP contribution in [0.5, 0.6) is 0 Å². The molecule has 0 fully saturated rings. The zero-order valence-corrected chi connectivity index (χ0v) is 14.6. The average molecular weight is 376 g/mol. The van der Waals surface area contributed by atoms with Gasteiger partial charge in [0, 0.05) is 18.1 Å². The Kier molecular flexibility index (Phi) is 6.99. The molecule has 0 aliphatic rings. The molecule has 0 aliphatic carbocycles. The van der Waals surface area contributed by atoms with E-state index in [2.05, 4.69) is 10.6 Å². The van der Waals surface area contributed by atoms with Crippen LogP contribution in [0.2, 0.25) is 5.02 Å². The van der Waals surface area contributed by atoms with E-state index in [1.807, 2.05) is 6.07 Å². The summed E-state index contributed by atoms with van der Waals surface area (Å²) in [5, 5.41) is 5.62. The molecule has 0 heterocycles. The molecular formula is C18H18ClN3O4. The van der Waals surface area contributed by atoms with Crippen LogP contribution >= 0.6 is 11.6 Å². The number of esters is 1. The Morgan fingerprint density at radius 3 is 2.31 bits per heavy atom. The number of urea groups is 1. The van der Waals surface area contributed by atoms with Crippen molar-refractivity contribution in [2.75, 3.05) is 6.61 Å². The number of benzene rings is 2. The predicted octanol–water partition coefficient (Wildman–Crippen LogP) is 1.98. The lowest BCUT2D eigenvalue weighted by atomic mass is 10.1. The highest BCUT2D eigenvalue weighted by molar-refractivity contribution is 6.31. The normalized spacial score (nSPS) is 10.0. The summed E-state index contributed by atoms with van der Waals surface area (Å²) >= 11 is 6.00. The number of carbonyl (C=O) groups is 3. The van der Waals surface area contributed by atoms with Gasteiger partial charge in [-0.3, -0.25) is 4.79 Å². The Morgan fingerprint density at radius 1 is 0.962 bits per heavy atom. The van der Waals surface area contributed by atoms with E-state index in [4.69, 9.17) is 22.1 Å². The second kappa shape index (κ2) is 9.43. The summed E-state index contributed by atoms with van der Waals surface area (Å²) in [4.78, 5) is 34.4. The SMILES string of the molecule is NC(=O)NCc1ccc(C(=O)OCC(=O)NCc2ccccc2Cl)cc1. The molecule has 4 N–H and O–H groups in total. The summed E-state index contributed by atoms with van der Waals surface area (Å²) in [6.45, 7) is 0.112. The molecule has 3 amide bonds. The first-order chi connectivity index (χ1) is 12.5. The molecule has 7 nitrogen and oxygen atoms in total. The van der Waals surface area contributed by atoms with Crippen LogP contribution in [0.1, 0.15) is 21.5 Å². The molecule has 0 aliphatic heterocycles. The fourth-order valence-electron chi connectivity index (χ4n) is 2.05. The molecule has 2 aromatic carbocycles. The first kappa shape index (κ1) is 19.3. The third-order valence-electron chi connectivity index (χ3n) is 3.42. The zero-order valence-electron chi connectivity index (χ0n) is 13.8. The van der Waals surface area contributed by atoms with Crippen molar-refractivity contribution in [3.63, 3.8) is 0 Å². The van der Waals surface area contributed by atoms with Crippen LogP contribution in [-0.2, 0) is 22.6 Å². The van der Waals surface area contributed by atoms with Crippen molar-refractivity contribution in [1.82, 2.24) is 10.6 Å². The third kappa shape index (κ3) is 6.10. The number of halogens is 1. The Bertz CT molecular complexity index is 793. The van der Waals surface area contributed by atoms with Gasteiger partial charge in [0.25, 0.3) is 5.91 Å². The van der Waals surface area contributed by atoms with Crippen molar-refractivity contribution >= 4 is 29.5 Å². The van der Waals surface area contributed by atoms with Crippen LogP contribution < -0.4 is 16.4 Å². The molecule has 8 heteroatoms. The van der Waals surface area contributed by atoms with Gasteiger partial charge in [0.2, 0.25) is 0 Å². The fraction of sp³-hybridized carbons (Fsp3) is 0.167. The first-order valence-corrected chi connectivity index (χ1v) is 8.13. The minimum Gasteiger partial charge on any atom is -0.452 e. The fourth-order valence-corrected chi connectivity index (χ4v) is 2.25. The Balaban J connectivity index is 1.77. The van der Waals surface area contributed by atoms with E-state index < -0.39 is 24.5 Å². The van der Waals surface area contributed by atoms with Gasteiger partial charge in [-0.2, -0.15) is 0 Å².